The summed E-state index contributed by atoms with van der Waals surface area (Å²) in [6.07, 6.45) is 0. The molecule has 0 saturated heterocycles. The first-order valence-electron chi connectivity index (χ1n) is 6.88. The highest BCUT2D eigenvalue weighted by atomic mass is 32.2. The average molecular weight is 350 g/mol. The van der Waals surface area contributed by atoms with Crippen molar-refractivity contribution in [3.05, 3.63) is 50.7 Å². The number of nitrogens with zero attached hydrogens (tertiary/aromatic N) is 1. The van der Waals surface area contributed by atoms with E-state index >= 15 is 0 Å². The second kappa shape index (κ2) is 8.11. The first-order valence-corrected chi connectivity index (χ1v) is 7.87. The van der Waals surface area contributed by atoms with Crippen LogP contribution in [0.4, 0.5) is 5.69 Å². The molecule has 1 aromatic heterocycles. The highest BCUT2D eigenvalue weighted by molar-refractivity contribution is 7.99. The second-order valence-corrected chi connectivity index (χ2v) is 5.41. The number of aromatic nitrogens is 3. The van der Waals surface area contributed by atoms with Gasteiger partial charge in [-0.2, -0.15) is 5.10 Å². The normalized spacial score (nSPS) is 10.2. The van der Waals surface area contributed by atoms with Gasteiger partial charge < -0.3 is 10.1 Å². The third-order valence-electron chi connectivity index (χ3n) is 2.70. The van der Waals surface area contributed by atoms with E-state index in [1.54, 1.807) is 19.1 Å². The molecule has 0 saturated carbocycles. The predicted octanol–water partition coefficient (Wildman–Crippen LogP) is 0.366. The van der Waals surface area contributed by atoms with Gasteiger partial charge in [-0.05, 0) is 31.2 Å². The van der Waals surface area contributed by atoms with Crippen LogP contribution in [0, 0.1) is 0 Å². The Bertz CT molecular complexity index is 843. The molecule has 0 spiro atoms. The van der Waals surface area contributed by atoms with E-state index < -0.39 is 17.2 Å². The summed E-state index contributed by atoms with van der Waals surface area (Å²) in [6.45, 7) is 2.00. The molecule has 0 radical (unpaired) electrons. The summed E-state index contributed by atoms with van der Waals surface area (Å²) in [6, 6.07) is 6.21. The number of nitrogens with one attached hydrogen (secondary N) is 3. The van der Waals surface area contributed by atoms with Crippen LogP contribution in [0.25, 0.3) is 0 Å². The zero-order chi connectivity index (χ0) is 17.5. The first-order chi connectivity index (χ1) is 11.5. The SMILES string of the molecule is CCOC(=O)c1ccc(NC(=O)CSc2n[nH]c(=O)[nH]c2=O)cc1. The molecular weight excluding hydrogens is 336 g/mol. The number of aromatic amines is 2. The third kappa shape index (κ3) is 4.81. The summed E-state index contributed by atoms with van der Waals surface area (Å²) in [4.78, 5) is 47.7. The highest BCUT2D eigenvalue weighted by Gasteiger charge is 2.09. The Morgan fingerprint density at radius 3 is 2.58 bits per heavy atom. The van der Waals surface area contributed by atoms with Gasteiger partial charge in [0.1, 0.15) is 0 Å². The molecule has 0 aliphatic heterocycles. The van der Waals surface area contributed by atoms with Crippen LogP contribution in [0.5, 0.6) is 0 Å². The predicted molar refractivity (Wildman–Crippen MR) is 87.2 cm³/mol. The molecule has 0 fully saturated rings. The minimum atomic E-state index is -0.713. The summed E-state index contributed by atoms with van der Waals surface area (Å²) in [5.41, 5.74) is -0.490. The number of hydrogen-bond acceptors (Lipinski definition) is 7. The largest absolute Gasteiger partial charge is 0.462 e. The van der Waals surface area contributed by atoms with Crippen molar-refractivity contribution in [3.8, 4) is 0 Å². The molecule has 1 amide bonds. The number of carbonyl (C=O) groups is 2. The van der Waals surface area contributed by atoms with Crippen LogP contribution in [0.2, 0.25) is 0 Å². The quantitative estimate of drug-likeness (QED) is 0.506. The average Bonchev–Trinajstić information content (AvgIpc) is 2.55. The van der Waals surface area contributed by atoms with Crippen LogP contribution in [0.15, 0.2) is 38.9 Å². The minimum absolute atomic E-state index is 0.0117. The van der Waals surface area contributed by atoms with Crippen LogP contribution < -0.4 is 16.6 Å². The number of anilines is 1. The lowest BCUT2D eigenvalue weighted by atomic mass is 10.2. The molecule has 0 aliphatic carbocycles. The Labute approximate surface area is 139 Å². The maximum atomic E-state index is 11.8. The Morgan fingerprint density at radius 1 is 1.25 bits per heavy atom. The minimum Gasteiger partial charge on any atom is -0.462 e. The van der Waals surface area contributed by atoms with Crippen LogP contribution in [-0.4, -0.2) is 39.4 Å². The van der Waals surface area contributed by atoms with Crippen LogP contribution in [0.1, 0.15) is 17.3 Å². The van der Waals surface area contributed by atoms with Crippen molar-refractivity contribution in [1.82, 2.24) is 15.2 Å². The molecule has 3 N–H and O–H groups in total. The Kier molecular flexibility index (Phi) is 5.90. The number of H-pyrrole nitrogens is 2. The molecule has 10 heteroatoms. The molecule has 1 heterocycles. The van der Waals surface area contributed by atoms with Crippen molar-refractivity contribution in [2.24, 2.45) is 0 Å². The Hall–Kier alpha value is -2.88. The van der Waals surface area contributed by atoms with Gasteiger partial charge in [0.25, 0.3) is 5.56 Å². The molecule has 126 valence electrons. The number of amides is 1. The molecule has 0 atom stereocenters. The van der Waals surface area contributed by atoms with E-state index in [2.05, 4.69) is 15.5 Å². The van der Waals surface area contributed by atoms with E-state index in [1.165, 1.54) is 12.1 Å². The Morgan fingerprint density at radius 2 is 1.96 bits per heavy atom. The van der Waals surface area contributed by atoms with Gasteiger partial charge in [0.15, 0.2) is 5.03 Å². The summed E-state index contributed by atoms with van der Waals surface area (Å²) >= 11 is 0.887. The van der Waals surface area contributed by atoms with Crippen molar-refractivity contribution in [2.45, 2.75) is 11.9 Å². The van der Waals surface area contributed by atoms with Gasteiger partial charge >= 0.3 is 11.7 Å². The summed E-state index contributed by atoms with van der Waals surface area (Å²) in [7, 11) is 0. The number of thioether (sulfide) groups is 1. The molecule has 2 rings (SSSR count). The van der Waals surface area contributed by atoms with E-state index in [1.807, 2.05) is 4.98 Å². The fourth-order valence-electron chi connectivity index (χ4n) is 1.67. The summed E-state index contributed by atoms with van der Waals surface area (Å²) < 4.78 is 4.86. The fraction of sp³-hybridized carbons (Fsp3) is 0.214. The molecule has 0 unspecified atom stereocenters. The standard InChI is InChI=1S/C14H14N4O5S/c1-2-23-13(21)8-3-5-9(6-4-8)15-10(19)7-24-12-11(20)16-14(22)18-17-12/h3-6H,2,7H2,1H3,(H,15,19)(H2,16,18,20,22). The van der Waals surface area contributed by atoms with E-state index in [0.29, 0.717) is 11.3 Å². The monoisotopic (exact) mass is 350 g/mol. The molecule has 1 aromatic carbocycles. The third-order valence-corrected chi connectivity index (χ3v) is 3.66. The van der Waals surface area contributed by atoms with Gasteiger partial charge in [0, 0.05) is 5.69 Å². The maximum Gasteiger partial charge on any atom is 0.342 e. The van der Waals surface area contributed by atoms with Gasteiger partial charge in [0.2, 0.25) is 5.91 Å². The highest BCUT2D eigenvalue weighted by Crippen LogP contribution is 2.13. The zero-order valence-corrected chi connectivity index (χ0v) is 13.4. The van der Waals surface area contributed by atoms with Gasteiger partial charge in [-0.3, -0.25) is 14.6 Å². The lowest BCUT2D eigenvalue weighted by Crippen LogP contribution is -2.25. The van der Waals surface area contributed by atoms with Crippen molar-refractivity contribution in [3.63, 3.8) is 0 Å². The molecular formula is C14H14N4O5S. The van der Waals surface area contributed by atoms with Gasteiger partial charge in [-0.25, -0.2) is 14.7 Å². The molecule has 9 nitrogen and oxygen atoms in total. The van der Waals surface area contributed by atoms with Crippen molar-refractivity contribution < 1.29 is 14.3 Å². The lowest BCUT2D eigenvalue weighted by molar-refractivity contribution is -0.113. The van der Waals surface area contributed by atoms with Crippen molar-refractivity contribution >= 4 is 29.3 Å². The van der Waals surface area contributed by atoms with Gasteiger partial charge in [0.05, 0.1) is 17.9 Å². The summed E-state index contributed by atoms with van der Waals surface area (Å²) in [5, 5.41) is 8.25. The maximum absolute atomic E-state index is 11.8. The van der Waals surface area contributed by atoms with Gasteiger partial charge in [-0.15, -0.1) is 0 Å². The number of esters is 1. The molecule has 0 bridgehead atoms. The van der Waals surface area contributed by atoms with E-state index in [9.17, 15) is 19.2 Å². The number of rotatable bonds is 6. The van der Waals surface area contributed by atoms with Crippen molar-refractivity contribution in [2.75, 3.05) is 17.7 Å². The van der Waals surface area contributed by atoms with E-state index in [-0.39, 0.29) is 23.3 Å². The number of carbonyl (C=O) groups excluding carboxylic acids is 2. The smallest absolute Gasteiger partial charge is 0.342 e. The van der Waals surface area contributed by atoms with E-state index in [4.69, 9.17) is 4.74 Å². The van der Waals surface area contributed by atoms with E-state index in [0.717, 1.165) is 11.8 Å². The van der Waals surface area contributed by atoms with Crippen molar-refractivity contribution in [1.29, 1.82) is 0 Å². The number of hydrogen-bond donors (Lipinski definition) is 3. The number of ether oxygens (including phenoxy) is 1. The van der Waals surface area contributed by atoms with Crippen LogP contribution in [-0.2, 0) is 9.53 Å². The molecule has 0 aliphatic rings. The molecule has 2 aromatic rings. The molecule has 24 heavy (non-hydrogen) atoms. The summed E-state index contributed by atoms with van der Waals surface area (Å²) in [5.74, 6) is -0.868. The fourth-order valence-corrected chi connectivity index (χ4v) is 2.30. The lowest BCUT2D eigenvalue weighted by Gasteiger charge is -2.06. The second-order valence-electron chi connectivity index (χ2n) is 4.45. The van der Waals surface area contributed by atoms with Gasteiger partial charge in [-0.1, -0.05) is 11.8 Å². The van der Waals surface area contributed by atoms with Crippen LogP contribution in [0.3, 0.4) is 0 Å². The van der Waals surface area contributed by atoms with Crippen LogP contribution >= 0.6 is 11.8 Å². The number of benzene rings is 1. The first kappa shape index (κ1) is 17.5. The Balaban J connectivity index is 1.91. The zero-order valence-electron chi connectivity index (χ0n) is 12.6. The topological polar surface area (TPSA) is 134 Å².